The summed E-state index contributed by atoms with van der Waals surface area (Å²) >= 11 is 0. The summed E-state index contributed by atoms with van der Waals surface area (Å²) < 4.78 is 39.8. The molecule has 0 fully saturated rings. The average Bonchev–Trinajstić information content (AvgIpc) is 3.04. The van der Waals surface area contributed by atoms with Crippen LogP contribution in [-0.2, 0) is 13.2 Å². The molecule has 0 saturated heterocycles. The van der Waals surface area contributed by atoms with Gasteiger partial charge in [-0.15, -0.1) is 0 Å². The van der Waals surface area contributed by atoms with E-state index in [0.717, 1.165) is 34.6 Å². The summed E-state index contributed by atoms with van der Waals surface area (Å²) in [5.41, 5.74) is 3.49. The van der Waals surface area contributed by atoms with Crippen LogP contribution < -0.4 is 5.32 Å². The smallest absolute Gasteiger partial charge is 0.355 e. The number of nitrogens with zero attached hydrogens (tertiary/aromatic N) is 2. The molecule has 6 heteroatoms. The molecule has 0 spiro atoms. The molecule has 0 aliphatic heterocycles. The van der Waals surface area contributed by atoms with Crippen LogP contribution in [0, 0.1) is 6.92 Å². The topological polar surface area (TPSA) is 29.9 Å². The molecule has 1 aromatic heterocycles. The van der Waals surface area contributed by atoms with E-state index in [0.29, 0.717) is 5.69 Å². The number of aryl methyl sites for hydroxylation is 2. The van der Waals surface area contributed by atoms with Crippen molar-refractivity contribution >= 4 is 11.4 Å². The number of alkyl halides is 3. The van der Waals surface area contributed by atoms with E-state index in [4.69, 9.17) is 0 Å². The molecule has 0 saturated carbocycles. The van der Waals surface area contributed by atoms with Crippen LogP contribution in [0.3, 0.4) is 0 Å². The standard InChI is InChI=1S/C18H16F3N3.C2H6.H2/c1-12-3-8-16(15(9-12)17-10-24(2)11-22-17)23-14-6-4-13(5-7-14)18(19,20)21;1-2;/h3-11,23H,1-2H3;1-2H3;1H. The summed E-state index contributed by atoms with van der Waals surface area (Å²) in [7, 11) is 1.88. The minimum Gasteiger partial charge on any atom is -0.355 e. The maximum absolute atomic E-state index is 12.6. The van der Waals surface area contributed by atoms with Crippen molar-refractivity contribution in [3.05, 3.63) is 66.1 Å². The molecule has 0 aliphatic carbocycles. The van der Waals surface area contributed by atoms with E-state index in [1.54, 1.807) is 6.33 Å². The number of nitrogens with one attached hydrogen (secondary N) is 1. The van der Waals surface area contributed by atoms with E-state index >= 15 is 0 Å². The van der Waals surface area contributed by atoms with Crippen LogP contribution in [0.25, 0.3) is 11.3 Å². The minimum absolute atomic E-state index is 0. The highest BCUT2D eigenvalue weighted by molar-refractivity contribution is 5.79. The molecule has 0 atom stereocenters. The van der Waals surface area contributed by atoms with Crippen LogP contribution in [0.15, 0.2) is 55.0 Å². The number of aromatic nitrogens is 2. The second kappa shape index (κ2) is 8.08. The molecule has 1 heterocycles. The maximum atomic E-state index is 12.6. The Hall–Kier alpha value is -2.76. The highest BCUT2D eigenvalue weighted by Gasteiger charge is 2.29. The molecule has 140 valence electrons. The van der Waals surface area contributed by atoms with Crippen molar-refractivity contribution in [3.63, 3.8) is 0 Å². The summed E-state index contributed by atoms with van der Waals surface area (Å²) in [4.78, 5) is 4.35. The summed E-state index contributed by atoms with van der Waals surface area (Å²) in [5.74, 6) is 0. The summed E-state index contributed by atoms with van der Waals surface area (Å²) in [5, 5.41) is 3.17. The fraction of sp³-hybridized carbons (Fsp3) is 0.250. The van der Waals surface area contributed by atoms with Crippen molar-refractivity contribution in [2.75, 3.05) is 5.32 Å². The summed E-state index contributed by atoms with van der Waals surface area (Å²) in [6, 6.07) is 10.8. The molecule has 0 amide bonds. The predicted molar refractivity (Wildman–Crippen MR) is 102 cm³/mol. The van der Waals surface area contributed by atoms with Crippen molar-refractivity contribution < 1.29 is 14.6 Å². The molecule has 3 nitrogen and oxygen atoms in total. The number of benzene rings is 2. The van der Waals surface area contributed by atoms with Gasteiger partial charge in [-0.3, -0.25) is 0 Å². The molecule has 3 aromatic rings. The minimum atomic E-state index is -4.33. The number of hydrogen-bond donors (Lipinski definition) is 1. The number of imidazole rings is 1. The first kappa shape index (κ1) is 19.6. The Bertz CT molecular complexity index is 856. The zero-order valence-electron chi connectivity index (χ0n) is 15.2. The van der Waals surface area contributed by atoms with Gasteiger partial charge in [0.2, 0.25) is 0 Å². The first-order chi connectivity index (χ1) is 12.3. The second-order valence-corrected chi connectivity index (χ2v) is 5.67. The Morgan fingerprint density at radius 2 is 1.69 bits per heavy atom. The van der Waals surface area contributed by atoms with Gasteiger partial charge in [0.1, 0.15) is 0 Å². The van der Waals surface area contributed by atoms with Gasteiger partial charge >= 0.3 is 6.18 Å². The summed E-state index contributed by atoms with van der Waals surface area (Å²) in [6.45, 7) is 5.98. The lowest BCUT2D eigenvalue weighted by Crippen LogP contribution is -2.04. The monoisotopic (exact) mass is 363 g/mol. The van der Waals surface area contributed by atoms with Gasteiger partial charge in [-0.05, 0) is 43.3 Å². The van der Waals surface area contributed by atoms with Crippen LogP contribution in [0.5, 0.6) is 0 Å². The van der Waals surface area contributed by atoms with Crippen molar-refractivity contribution in [2.24, 2.45) is 7.05 Å². The third-order valence-corrected chi connectivity index (χ3v) is 3.65. The van der Waals surface area contributed by atoms with Crippen LogP contribution in [0.1, 0.15) is 26.4 Å². The van der Waals surface area contributed by atoms with Gasteiger partial charge in [-0.2, -0.15) is 13.2 Å². The summed E-state index contributed by atoms with van der Waals surface area (Å²) in [6.07, 6.45) is -0.728. The largest absolute Gasteiger partial charge is 0.416 e. The van der Waals surface area contributed by atoms with Gasteiger partial charge in [0, 0.05) is 31.6 Å². The Labute approximate surface area is 153 Å². The van der Waals surface area contributed by atoms with Crippen molar-refractivity contribution in [2.45, 2.75) is 26.9 Å². The zero-order valence-corrected chi connectivity index (χ0v) is 15.2. The Morgan fingerprint density at radius 1 is 1.04 bits per heavy atom. The fourth-order valence-electron chi connectivity index (χ4n) is 2.43. The Kier molecular flexibility index (Phi) is 6.08. The first-order valence-corrected chi connectivity index (χ1v) is 8.36. The highest BCUT2D eigenvalue weighted by atomic mass is 19.4. The molecule has 26 heavy (non-hydrogen) atoms. The maximum Gasteiger partial charge on any atom is 0.416 e. The van der Waals surface area contributed by atoms with Crippen LogP contribution in [0.4, 0.5) is 24.5 Å². The number of anilines is 2. The van der Waals surface area contributed by atoms with Gasteiger partial charge in [-0.25, -0.2) is 4.98 Å². The van der Waals surface area contributed by atoms with Gasteiger partial charge in [0.15, 0.2) is 0 Å². The van der Waals surface area contributed by atoms with Crippen LogP contribution in [-0.4, -0.2) is 9.55 Å². The Balaban J connectivity index is 0.00000118. The highest BCUT2D eigenvalue weighted by Crippen LogP contribution is 2.33. The Morgan fingerprint density at radius 3 is 2.23 bits per heavy atom. The zero-order chi connectivity index (χ0) is 19.3. The molecule has 3 rings (SSSR count). The van der Waals surface area contributed by atoms with E-state index in [2.05, 4.69) is 10.3 Å². The molecule has 0 bridgehead atoms. The number of hydrogen-bond acceptors (Lipinski definition) is 2. The van der Waals surface area contributed by atoms with Crippen molar-refractivity contribution in [1.29, 1.82) is 0 Å². The quantitative estimate of drug-likeness (QED) is 0.581. The average molecular weight is 363 g/mol. The van der Waals surface area contributed by atoms with Crippen LogP contribution in [0.2, 0.25) is 0 Å². The lowest BCUT2D eigenvalue weighted by atomic mass is 10.1. The first-order valence-electron chi connectivity index (χ1n) is 8.36. The predicted octanol–water partition coefficient (Wildman–Crippen LogP) is 6.43. The van der Waals surface area contributed by atoms with E-state index in [1.165, 1.54) is 12.1 Å². The van der Waals surface area contributed by atoms with Crippen molar-refractivity contribution in [3.8, 4) is 11.3 Å². The van der Waals surface area contributed by atoms with Gasteiger partial charge < -0.3 is 9.88 Å². The SMILES string of the molecule is CC.Cc1ccc(Nc2ccc(C(F)(F)F)cc2)c(-c2cn(C)cn2)c1.[HH]. The number of halogens is 3. The van der Waals surface area contributed by atoms with E-state index < -0.39 is 11.7 Å². The van der Waals surface area contributed by atoms with Gasteiger partial charge in [-0.1, -0.05) is 25.5 Å². The fourth-order valence-corrected chi connectivity index (χ4v) is 2.43. The third kappa shape index (κ3) is 4.65. The molecular weight excluding hydrogens is 339 g/mol. The van der Waals surface area contributed by atoms with Crippen molar-refractivity contribution in [1.82, 2.24) is 9.55 Å². The van der Waals surface area contributed by atoms with E-state index in [1.807, 2.05) is 56.8 Å². The number of rotatable bonds is 3. The lowest BCUT2D eigenvalue weighted by molar-refractivity contribution is -0.137. The van der Waals surface area contributed by atoms with E-state index in [9.17, 15) is 13.2 Å². The lowest BCUT2D eigenvalue weighted by Gasteiger charge is -2.13. The second-order valence-electron chi connectivity index (χ2n) is 5.67. The van der Waals surface area contributed by atoms with Crippen LogP contribution >= 0.6 is 0 Å². The molecule has 0 aliphatic rings. The molecule has 1 N–H and O–H groups in total. The molecule has 2 aromatic carbocycles. The molecular formula is C20H24F3N3. The molecule has 0 unspecified atom stereocenters. The normalized spacial score (nSPS) is 10.9. The van der Waals surface area contributed by atoms with E-state index in [-0.39, 0.29) is 1.43 Å². The van der Waals surface area contributed by atoms with Gasteiger partial charge in [0.25, 0.3) is 0 Å². The van der Waals surface area contributed by atoms with Gasteiger partial charge in [0.05, 0.1) is 17.6 Å². The third-order valence-electron chi connectivity index (χ3n) is 3.65. The molecule has 0 radical (unpaired) electrons.